The molecule has 2 heterocycles. The highest BCUT2D eigenvalue weighted by atomic mass is 16.5. The Morgan fingerprint density at radius 1 is 1.22 bits per heavy atom. The number of aromatic nitrogens is 4. The van der Waals surface area contributed by atoms with E-state index in [2.05, 4.69) is 19.9 Å². The molecule has 3 aromatic rings. The fourth-order valence-corrected chi connectivity index (χ4v) is 1.71. The van der Waals surface area contributed by atoms with E-state index in [0.29, 0.717) is 28.5 Å². The van der Waals surface area contributed by atoms with Gasteiger partial charge in [-0.2, -0.15) is 4.98 Å². The molecule has 90 valence electrons. The lowest BCUT2D eigenvalue weighted by atomic mass is 10.2. The quantitative estimate of drug-likeness (QED) is 0.670. The molecule has 0 atom stereocenters. The Morgan fingerprint density at radius 2 is 2.11 bits per heavy atom. The van der Waals surface area contributed by atoms with Crippen LogP contribution in [0.25, 0.3) is 11.2 Å². The number of imidazole rings is 1. The summed E-state index contributed by atoms with van der Waals surface area (Å²) in [7, 11) is 0. The summed E-state index contributed by atoms with van der Waals surface area (Å²) in [6.07, 6.45) is 2.98. The fourth-order valence-electron chi connectivity index (χ4n) is 1.71. The maximum Gasteiger partial charge on any atom is 0.248 e. The van der Waals surface area contributed by atoms with Gasteiger partial charge in [0.1, 0.15) is 17.6 Å². The number of nitrogen functional groups attached to an aromatic ring is 1. The van der Waals surface area contributed by atoms with E-state index in [1.165, 1.54) is 6.33 Å². The minimum absolute atomic E-state index is 0.449. The molecule has 0 aliphatic carbocycles. The van der Waals surface area contributed by atoms with Crippen molar-refractivity contribution in [3.8, 4) is 11.6 Å². The van der Waals surface area contributed by atoms with Crippen molar-refractivity contribution in [1.29, 1.82) is 0 Å². The van der Waals surface area contributed by atoms with Crippen LogP contribution in [0.3, 0.4) is 0 Å². The van der Waals surface area contributed by atoms with Gasteiger partial charge in [-0.25, -0.2) is 9.97 Å². The van der Waals surface area contributed by atoms with Crippen molar-refractivity contribution in [2.45, 2.75) is 6.92 Å². The molecular weight excluding hydrogens is 230 g/mol. The molecule has 18 heavy (non-hydrogen) atoms. The SMILES string of the molecule is Cc1cc(N)ccc1Oc1ncnc2nc[nH]c12. The predicted octanol–water partition coefficient (Wildman–Crippen LogP) is 2.04. The zero-order valence-corrected chi connectivity index (χ0v) is 9.71. The summed E-state index contributed by atoms with van der Waals surface area (Å²) in [6, 6.07) is 5.45. The Bertz CT molecular complexity index is 707. The number of ether oxygens (including phenoxy) is 1. The number of aryl methyl sites for hydroxylation is 1. The first-order valence-electron chi connectivity index (χ1n) is 5.42. The van der Waals surface area contributed by atoms with E-state index >= 15 is 0 Å². The number of hydrogen-bond donors (Lipinski definition) is 2. The Balaban J connectivity index is 2.03. The number of H-pyrrole nitrogens is 1. The lowest BCUT2D eigenvalue weighted by molar-refractivity contribution is 0.463. The zero-order chi connectivity index (χ0) is 12.5. The number of nitrogens with zero attached hydrogens (tertiary/aromatic N) is 3. The van der Waals surface area contributed by atoms with Gasteiger partial charge in [-0.3, -0.25) is 0 Å². The Labute approximate surface area is 103 Å². The number of hydrogen-bond acceptors (Lipinski definition) is 5. The summed E-state index contributed by atoms with van der Waals surface area (Å²) in [5.74, 6) is 1.16. The van der Waals surface area contributed by atoms with Crippen LogP contribution in [0.15, 0.2) is 30.9 Å². The number of aromatic amines is 1. The Morgan fingerprint density at radius 3 is 2.94 bits per heavy atom. The van der Waals surface area contributed by atoms with Crippen molar-refractivity contribution >= 4 is 16.9 Å². The van der Waals surface area contributed by atoms with Crippen LogP contribution in [0.1, 0.15) is 5.56 Å². The van der Waals surface area contributed by atoms with Crippen LogP contribution in [-0.2, 0) is 0 Å². The fraction of sp³-hybridized carbons (Fsp3) is 0.0833. The number of benzene rings is 1. The molecule has 0 spiro atoms. The normalized spacial score (nSPS) is 10.7. The number of rotatable bonds is 2. The lowest BCUT2D eigenvalue weighted by Crippen LogP contribution is -1.94. The standard InChI is InChI=1S/C12H11N5O/c1-7-4-8(13)2-3-9(7)18-12-10-11(15-5-14-10)16-6-17-12/h2-6H,13H2,1H3,(H,14,15,16,17). The van der Waals surface area contributed by atoms with Crippen molar-refractivity contribution in [3.05, 3.63) is 36.4 Å². The molecule has 6 nitrogen and oxygen atoms in total. The molecule has 0 aliphatic rings. The van der Waals surface area contributed by atoms with Gasteiger partial charge < -0.3 is 15.5 Å². The smallest absolute Gasteiger partial charge is 0.248 e. The first-order chi connectivity index (χ1) is 8.74. The summed E-state index contributed by atoms with van der Waals surface area (Å²) in [6.45, 7) is 1.93. The second-order valence-corrected chi connectivity index (χ2v) is 3.91. The second-order valence-electron chi connectivity index (χ2n) is 3.91. The third-order valence-electron chi connectivity index (χ3n) is 2.59. The molecule has 1 aromatic carbocycles. The largest absolute Gasteiger partial charge is 0.437 e. The molecule has 3 rings (SSSR count). The van der Waals surface area contributed by atoms with Gasteiger partial charge in [0.25, 0.3) is 0 Å². The van der Waals surface area contributed by atoms with E-state index in [0.717, 1.165) is 5.56 Å². The van der Waals surface area contributed by atoms with E-state index in [9.17, 15) is 0 Å². The van der Waals surface area contributed by atoms with Crippen molar-refractivity contribution in [2.75, 3.05) is 5.73 Å². The maximum atomic E-state index is 5.76. The topological polar surface area (TPSA) is 89.7 Å². The average Bonchev–Trinajstić information content (AvgIpc) is 2.82. The van der Waals surface area contributed by atoms with Gasteiger partial charge in [-0.15, -0.1) is 0 Å². The van der Waals surface area contributed by atoms with Crippen LogP contribution in [0.5, 0.6) is 11.6 Å². The monoisotopic (exact) mass is 241 g/mol. The third kappa shape index (κ3) is 1.73. The summed E-state index contributed by atoms with van der Waals surface area (Å²) < 4.78 is 5.76. The highest BCUT2D eigenvalue weighted by Gasteiger charge is 2.09. The molecule has 0 amide bonds. The van der Waals surface area contributed by atoms with E-state index in [-0.39, 0.29) is 0 Å². The minimum Gasteiger partial charge on any atom is -0.437 e. The maximum absolute atomic E-state index is 5.76. The second kappa shape index (κ2) is 3.99. The molecule has 0 saturated heterocycles. The molecule has 0 bridgehead atoms. The molecule has 3 N–H and O–H groups in total. The van der Waals surface area contributed by atoms with E-state index in [1.807, 2.05) is 19.1 Å². The van der Waals surface area contributed by atoms with E-state index in [1.54, 1.807) is 12.4 Å². The summed E-state index contributed by atoms with van der Waals surface area (Å²) >= 11 is 0. The van der Waals surface area contributed by atoms with Crippen LogP contribution in [0, 0.1) is 6.92 Å². The van der Waals surface area contributed by atoms with Crippen molar-refractivity contribution in [2.24, 2.45) is 0 Å². The van der Waals surface area contributed by atoms with Crippen LogP contribution in [0.2, 0.25) is 0 Å². The molecule has 0 saturated carbocycles. The first kappa shape index (κ1) is 10.5. The number of nitrogens with two attached hydrogens (primary N) is 1. The molecule has 2 aromatic heterocycles. The molecule has 0 radical (unpaired) electrons. The summed E-state index contributed by atoms with van der Waals surface area (Å²) in [5.41, 5.74) is 8.60. The Hall–Kier alpha value is -2.63. The average molecular weight is 241 g/mol. The highest BCUT2D eigenvalue weighted by Crippen LogP contribution is 2.28. The van der Waals surface area contributed by atoms with Crippen molar-refractivity contribution in [3.63, 3.8) is 0 Å². The van der Waals surface area contributed by atoms with Gasteiger partial charge in [0.15, 0.2) is 5.65 Å². The van der Waals surface area contributed by atoms with Crippen molar-refractivity contribution < 1.29 is 4.74 Å². The summed E-state index contributed by atoms with van der Waals surface area (Å²) in [5, 5.41) is 0. The highest BCUT2D eigenvalue weighted by molar-refractivity contribution is 5.75. The van der Waals surface area contributed by atoms with Gasteiger partial charge in [0.05, 0.1) is 6.33 Å². The third-order valence-corrected chi connectivity index (χ3v) is 2.59. The first-order valence-corrected chi connectivity index (χ1v) is 5.42. The molecular formula is C12H11N5O. The van der Waals surface area contributed by atoms with Crippen LogP contribution in [0.4, 0.5) is 5.69 Å². The molecule has 0 unspecified atom stereocenters. The number of nitrogens with one attached hydrogen (secondary N) is 1. The van der Waals surface area contributed by atoms with Crippen LogP contribution in [-0.4, -0.2) is 19.9 Å². The molecule has 0 fully saturated rings. The molecule has 0 aliphatic heterocycles. The lowest BCUT2D eigenvalue weighted by Gasteiger charge is -2.08. The van der Waals surface area contributed by atoms with E-state index < -0.39 is 0 Å². The number of fused-ring (bicyclic) bond motifs is 1. The van der Waals surface area contributed by atoms with Gasteiger partial charge in [-0.1, -0.05) is 0 Å². The van der Waals surface area contributed by atoms with Gasteiger partial charge in [0.2, 0.25) is 5.88 Å². The van der Waals surface area contributed by atoms with Gasteiger partial charge in [-0.05, 0) is 30.7 Å². The predicted molar refractivity (Wildman–Crippen MR) is 67.3 cm³/mol. The van der Waals surface area contributed by atoms with Gasteiger partial charge >= 0.3 is 0 Å². The van der Waals surface area contributed by atoms with Crippen LogP contribution >= 0.6 is 0 Å². The zero-order valence-electron chi connectivity index (χ0n) is 9.71. The van der Waals surface area contributed by atoms with E-state index in [4.69, 9.17) is 10.5 Å². The number of anilines is 1. The van der Waals surface area contributed by atoms with Crippen molar-refractivity contribution in [1.82, 2.24) is 19.9 Å². The summed E-state index contributed by atoms with van der Waals surface area (Å²) in [4.78, 5) is 15.1. The molecule has 6 heteroatoms. The van der Waals surface area contributed by atoms with Gasteiger partial charge in [0, 0.05) is 5.69 Å². The minimum atomic E-state index is 0.449. The van der Waals surface area contributed by atoms with Crippen LogP contribution < -0.4 is 10.5 Å². The Kier molecular flexibility index (Phi) is 2.33.